The summed E-state index contributed by atoms with van der Waals surface area (Å²) in [5.74, 6) is -0.215. The summed E-state index contributed by atoms with van der Waals surface area (Å²) in [5, 5.41) is 8.03. The number of ether oxygens (including phenoxy) is 1. The second-order valence-corrected chi connectivity index (χ2v) is 7.07. The number of thiazole rings is 1. The van der Waals surface area contributed by atoms with Crippen molar-refractivity contribution in [2.24, 2.45) is 0 Å². The Morgan fingerprint density at radius 2 is 2.12 bits per heavy atom. The van der Waals surface area contributed by atoms with Crippen LogP contribution in [0.5, 0.6) is 0 Å². The molecule has 0 unspecified atom stereocenters. The smallest absolute Gasteiger partial charge is 0.294 e. The lowest BCUT2D eigenvalue weighted by Crippen LogP contribution is -2.42. The predicted molar refractivity (Wildman–Crippen MR) is 96.1 cm³/mol. The molecule has 25 heavy (non-hydrogen) atoms. The number of aromatic nitrogens is 3. The minimum absolute atomic E-state index is 0.0856. The van der Waals surface area contributed by atoms with Crippen LogP contribution in [0.1, 0.15) is 17.6 Å². The number of hydrogen-bond donors (Lipinski definition) is 1. The van der Waals surface area contributed by atoms with E-state index in [0.717, 1.165) is 54.7 Å². The topological polar surface area (TPSA) is 89.4 Å². The number of hydrogen-bond acceptors (Lipinski definition) is 7. The molecule has 2 aromatic heterocycles. The zero-order valence-corrected chi connectivity index (χ0v) is 15.4. The van der Waals surface area contributed by atoms with E-state index in [1.807, 2.05) is 13.8 Å². The van der Waals surface area contributed by atoms with Gasteiger partial charge in [-0.2, -0.15) is 5.10 Å². The largest absolute Gasteiger partial charge is 0.379 e. The molecule has 0 aliphatic carbocycles. The van der Waals surface area contributed by atoms with Crippen molar-refractivity contribution in [3.63, 3.8) is 0 Å². The van der Waals surface area contributed by atoms with Gasteiger partial charge in [0, 0.05) is 26.2 Å². The average Bonchev–Trinajstić information content (AvgIpc) is 3.06. The highest BCUT2D eigenvalue weighted by Gasteiger charge is 2.15. The van der Waals surface area contributed by atoms with Crippen molar-refractivity contribution in [2.75, 3.05) is 39.4 Å². The molecular formula is C16H23N5O3S. The highest BCUT2D eigenvalue weighted by Crippen LogP contribution is 2.21. The number of morpholine rings is 1. The van der Waals surface area contributed by atoms with E-state index in [2.05, 4.69) is 20.3 Å². The number of nitrogens with zero attached hydrogens (tertiary/aromatic N) is 4. The summed E-state index contributed by atoms with van der Waals surface area (Å²) in [6.07, 6.45) is 0.778. The van der Waals surface area contributed by atoms with E-state index < -0.39 is 0 Å². The molecular weight excluding hydrogens is 342 g/mol. The van der Waals surface area contributed by atoms with E-state index in [0.29, 0.717) is 12.1 Å². The third-order valence-electron chi connectivity index (χ3n) is 4.16. The summed E-state index contributed by atoms with van der Waals surface area (Å²) in [4.78, 5) is 31.3. The van der Waals surface area contributed by atoms with E-state index in [4.69, 9.17) is 4.74 Å². The van der Waals surface area contributed by atoms with E-state index in [1.165, 1.54) is 16.0 Å². The van der Waals surface area contributed by atoms with E-state index in [9.17, 15) is 9.59 Å². The Kier molecular flexibility index (Phi) is 5.77. The summed E-state index contributed by atoms with van der Waals surface area (Å²) in [5.41, 5.74) is 0.836. The molecule has 3 heterocycles. The van der Waals surface area contributed by atoms with Gasteiger partial charge in [0.1, 0.15) is 6.54 Å². The molecule has 1 N–H and O–H groups in total. The minimum atomic E-state index is -0.306. The molecule has 2 aromatic rings. The van der Waals surface area contributed by atoms with Crippen molar-refractivity contribution in [3.05, 3.63) is 21.1 Å². The average molecular weight is 365 g/mol. The second kappa shape index (κ2) is 8.03. The van der Waals surface area contributed by atoms with Gasteiger partial charge in [0.15, 0.2) is 5.52 Å². The third kappa shape index (κ3) is 4.23. The molecule has 3 rings (SSSR count). The molecule has 0 atom stereocenters. The Morgan fingerprint density at radius 1 is 1.36 bits per heavy atom. The molecule has 1 fully saturated rings. The van der Waals surface area contributed by atoms with Crippen LogP contribution in [-0.4, -0.2) is 65.0 Å². The fourth-order valence-corrected chi connectivity index (χ4v) is 3.71. The van der Waals surface area contributed by atoms with Gasteiger partial charge in [-0.3, -0.25) is 14.5 Å². The van der Waals surface area contributed by atoms with Crippen LogP contribution in [0.25, 0.3) is 10.2 Å². The lowest BCUT2D eigenvalue weighted by Gasteiger charge is -2.26. The Balaban J connectivity index is 1.62. The Labute approximate surface area is 149 Å². The first-order valence-corrected chi connectivity index (χ1v) is 9.34. The van der Waals surface area contributed by atoms with Gasteiger partial charge >= 0.3 is 0 Å². The standard InChI is InChI=1S/C16H23N5O3S/c1-3-13-18-14-15(25-13)11(2)19-21(16(14)23)10-12(22)17-4-5-20-6-8-24-9-7-20/h3-10H2,1-2H3,(H,17,22). The van der Waals surface area contributed by atoms with E-state index in [-0.39, 0.29) is 18.0 Å². The van der Waals surface area contributed by atoms with Gasteiger partial charge in [-0.1, -0.05) is 6.92 Å². The molecule has 0 radical (unpaired) electrons. The van der Waals surface area contributed by atoms with Crippen LogP contribution in [0.3, 0.4) is 0 Å². The van der Waals surface area contributed by atoms with Crippen molar-refractivity contribution in [1.82, 2.24) is 25.0 Å². The highest BCUT2D eigenvalue weighted by atomic mass is 32.1. The third-order valence-corrected chi connectivity index (χ3v) is 5.47. The van der Waals surface area contributed by atoms with Gasteiger partial charge in [-0.25, -0.2) is 9.67 Å². The number of carbonyl (C=O) groups is 1. The molecule has 9 heteroatoms. The highest BCUT2D eigenvalue weighted by molar-refractivity contribution is 7.18. The SMILES string of the molecule is CCc1nc2c(=O)n(CC(=O)NCCN3CCOCC3)nc(C)c2s1. The maximum Gasteiger partial charge on any atom is 0.294 e. The molecule has 8 nitrogen and oxygen atoms in total. The predicted octanol–water partition coefficient (Wildman–Crippen LogP) is 0.172. The molecule has 1 aliphatic rings. The minimum Gasteiger partial charge on any atom is -0.379 e. The Morgan fingerprint density at radius 3 is 2.84 bits per heavy atom. The number of carbonyl (C=O) groups excluding carboxylic acids is 1. The van der Waals surface area contributed by atoms with Crippen LogP contribution >= 0.6 is 11.3 Å². The molecule has 136 valence electrons. The number of fused-ring (bicyclic) bond motifs is 1. The first-order chi connectivity index (χ1) is 12.1. The summed E-state index contributed by atoms with van der Waals surface area (Å²) in [6, 6.07) is 0. The van der Waals surface area contributed by atoms with E-state index >= 15 is 0 Å². The van der Waals surface area contributed by atoms with Crippen molar-refractivity contribution < 1.29 is 9.53 Å². The molecule has 1 aliphatic heterocycles. The number of rotatable bonds is 6. The number of aryl methyl sites for hydroxylation is 2. The summed E-state index contributed by atoms with van der Waals surface area (Å²) in [7, 11) is 0. The molecule has 0 spiro atoms. The molecule has 1 saturated heterocycles. The van der Waals surface area contributed by atoms with Crippen molar-refractivity contribution in [3.8, 4) is 0 Å². The van der Waals surface area contributed by atoms with Crippen molar-refractivity contribution in [2.45, 2.75) is 26.8 Å². The maximum absolute atomic E-state index is 12.5. The van der Waals surface area contributed by atoms with Crippen LogP contribution in [0, 0.1) is 6.92 Å². The van der Waals surface area contributed by atoms with Gasteiger partial charge in [0.05, 0.1) is 28.6 Å². The molecule has 0 aromatic carbocycles. The van der Waals surface area contributed by atoms with Crippen molar-refractivity contribution >= 4 is 27.5 Å². The van der Waals surface area contributed by atoms with Crippen LogP contribution in [0.2, 0.25) is 0 Å². The first kappa shape index (κ1) is 18.0. The molecule has 0 saturated carbocycles. The van der Waals surface area contributed by atoms with Crippen LogP contribution in [0.4, 0.5) is 0 Å². The second-order valence-electron chi connectivity index (χ2n) is 5.99. The number of nitrogens with one attached hydrogen (secondary N) is 1. The van der Waals surface area contributed by atoms with Crippen LogP contribution < -0.4 is 10.9 Å². The lowest BCUT2D eigenvalue weighted by molar-refractivity contribution is -0.122. The van der Waals surface area contributed by atoms with E-state index in [1.54, 1.807) is 0 Å². The molecule has 1 amide bonds. The number of amides is 1. The molecule has 0 bridgehead atoms. The maximum atomic E-state index is 12.5. The summed E-state index contributed by atoms with van der Waals surface area (Å²) >= 11 is 1.49. The van der Waals surface area contributed by atoms with Crippen LogP contribution in [0.15, 0.2) is 4.79 Å². The lowest BCUT2D eigenvalue weighted by atomic mass is 10.4. The zero-order valence-electron chi connectivity index (χ0n) is 14.6. The van der Waals surface area contributed by atoms with Crippen molar-refractivity contribution in [1.29, 1.82) is 0 Å². The monoisotopic (exact) mass is 365 g/mol. The van der Waals surface area contributed by atoms with Gasteiger partial charge in [0.25, 0.3) is 5.56 Å². The Bertz CT molecular complexity index is 810. The van der Waals surface area contributed by atoms with Gasteiger partial charge in [-0.05, 0) is 13.3 Å². The fourth-order valence-electron chi connectivity index (χ4n) is 2.78. The Hall–Kier alpha value is -1.84. The van der Waals surface area contributed by atoms with Gasteiger partial charge in [-0.15, -0.1) is 11.3 Å². The zero-order chi connectivity index (χ0) is 17.8. The summed E-state index contributed by atoms with van der Waals surface area (Å²) < 4.78 is 7.32. The van der Waals surface area contributed by atoms with Gasteiger partial charge < -0.3 is 10.1 Å². The summed E-state index contributed by atoms with van der Waals surface area (Å²) in [6.45, 7) is 8.32. The van der Waals surface area contributed by atoms with Crippen LogP contribution in [-0.2, 0) is 22.5 Å². The normalized spacial score (nSPS) is 15.6. The quantitative estimate of drug-likeness (QED) is 0.785. The first-order valence-electron chi connectivity index (χ1n) is 8.52. The fraction of sp³-hybridized carbons (Fsp3) is 0.625. The van der Waals surface area contributed by atoms with Gasteiger partial charge in [0.2, 0.25) is 5.91 Å².